The maximum atomic E-state index is 6.78. The lowest BCUT2D eigenvalue weighted by atomic mass is 9.97. The summed E-state index contributed by atoms with van der Waals surface area (Å²) in [4.78, 5) is 15.7. The van der Waals surface area contributed by atoms with Crippen molar-refractivity contribution in [3.8, 4) is 101 Å². The van der Waals surface area contributed by atoms with E-state index in [9.17, 15) is 0 Å². The Morgan fingerprint density at radius 1 is 0.239 bits per heavy atom. The number of para-hydroxylation sites is 1. The molecule has 2 heterocycles. The number of benzene rings is 10. The van der Waals surface area contributed by atoms with Gasteiger partial charge in [0.2, 0.25) is 0 Å². The topological polar surface area (TPSA) is 51.8 Å². The van der Waals surface area contributed by atoms with Crippen LogP contribution in [0.4, 0.5) is 0 Å². The van der Waals surface area contributed by atoms with Crippen LogP contribution in [0.5, 0.6) is 0 Å². The fourth-order valence-corrected chi connectivity index (χ4v) is 9.13. The van der Waals surface area contributed by atoms with Gasteiger partial charge in [-0.05, 0) is 79.4 Å². The Bertz CT molecular complexity index is 3700. The van der Waals surface area contributed by atoms with Gasteiger partial charge in [-0.1, -0.05) is 231 Å². The summed E-state index contributed by atoms with van der Waals surface area (Å²) in [6, 6.07) is 87.0. The first-order chi connectivity index (χ1) is 33.2. The van der Waals surface area contributed by atoms with Gasteiger partial charge in [0.25, 0.3) is 0 Å². The molecule has 12 aromatic rings. The zero-order valence-electron chi connectivity index (χ0n) is 36.4. The molecule has 0 amide bonds. The molecule has 0 bridgehead atoms. The van der Waals surface area contributed by atoms with E-state index >= 15 is 0 Å². The van der Waals surface area contributed by atoms with E-state index < -0.39 is 0 Å². The van der Waals surface area contributed by atoms with E-state index in [0.29, 0.717) is 17.5 Å². The highest BCUT2D eigenvalue weighted by molar-refractivity contribution is 6.15. The van der Waals surface area contributed by atoms with Crippen LogP contribution in [0.25, 0.3) is 123 Å². The van der Waals surface area contributed by atoms with Gasteiger partial charge in [-0.3, -0.25) is 0 Å². The Kier molecular flexibility index (Phi) is 10.2. The molecule has 0 atom stereocenters. The fourth-order valence-electron chi connectivity index (χ4n) is 9.13. The molecule has 10 aromatic carbocycles. The second-order valence-electron chi connectivity index (χ2n) is 16.8. The minimum atomic E-state index is 0.574. The molecule has 0 spiro atoms. The van der Waals surface area contributed by atoms with Gasteiger partial charge in [-0.15, -0.1) is 0 Å². The zero-order chi connectivity index (χ0) is 44.5. The summed E-state index contributed by atoms with van der Waals surface area (Å²) < 4.78 is 6.78. The molecule has 4 heteroatoms. The van der Waals surface area contributed by atoms with Crippen molar-refractivity contribution in [2.75, 3.05) is 0 Å². The molecule has 0 radical (unpaired) electrons. The summed E-state index contributed by atoms with van der Waals surface area (Å²) >= 11 is 0. The number of rotatable bonds is 9. The van der Waals surface area contributed by atoms with Gasteiger partial charge in [0.1, 0.15) is 11.2 Å². The third kappa shape index (κ3) is 7.77. The minimum Gasteiger partial charge on any atom is -0.455 e. The average Bonchev–Trinajstić information content (AvgIpc) is 3.81. The van der Waals surface area contributed by atoms with Crippen LogP contribution < -0.4 is 0 Å². The minimum absolute atomic E-state index is 0.574. The van der Waals surface area contributed by atoms with Crippen molar-refractivity contribution in [1.82, 2.24) is 15.0 Å². The summed E-state index contributed by atoms with van der Waals surface area (Å²) in [5, 5.41) is 1.96. The molecule has 0 saturated carbocycles. The van der Waals surface area contributed by atoms with Crippen LogP contribution in [0, 0.1) is 0 Å². The van der Waals surface area contributed by atoms with Crippen molar-refractivity contribution < 1.29 is 4.42 Å². The number of hydrogen-bond acceptors (Lipinski definition) is 4. The Morgan fingerprint density at radius 3 is 1.09 bits per heavy atom. The molecule has 2 aromatic heterocycles. The highest BCUT2D eigenvalue weighted by Crippen LogP contribution is 2.41. The molecule has 0 fully saturated rings. The third-order valence-corrected chi connectivity index (χ3v) is 12.6. The van der Waals surface area contributed by atoms with E-state index in [1.54, 1.807) is 0 Å². The number of nitrogens with zero attached hydrogens (tertiary/aromatic N) is 3. The Morgan fingerprint density at radius 2 is 0.582 bits per heavy atom. The van der Waals surface area contributed by atoms with Gasteiger partial charge in [-0.25, -0.2) is 15.0 Å². The first kappa shape index (κ1) is 39.6. The summed E-state index contributed by atoms with van der Waals surface area (Å²) in [6.07, 6.45) is 0. The monoisotopic (exact) mass is 855 g/mol. The van der Waals surface area contributed by atoms with E-state index in [-0.39, 0.29) is 0 Å². The normalized spacial score (nSPS) is 11.3. The van der Waals surface area contributed by atoms with E-state index in [2.05, 4.69) is 218 Å². The van der Waals surface area contributed by atoms with Crippen LogP contribution in [0.2, 0.25) is 0 Å². The second-order valence-corrected chi connectivity index (χ2v) is 16.8. The smallest absolute Gasteiger partial charge is 0.164 e. The van der Waals surface area contributed by atoms with Crippen molar-refractivity contribution in [3.63, 3.8) is 0 Å². The molecule has 0 saturated heterocycles. The van der Waals surface area contributed by atoms with Crippen LogP contribution in [-0.4, -0.2) is 15.0 Å². The summed E-state index contributed by atoms with van der Waals surface area (Å²) in [6.45, 7) is 0. The number of hydrogen-bond donors (Lipinski definition) is 0. The van der Waals surface area contributed by atoms with Crippen molar-refractivity contribution in [3.05, 3.63) is 249 Å². The van der Waals surface area contributed by atoms with Crippen LogP contribution >= 0.6 is 0 Å². The largest absolute Gasteiger partial charge is 0.455 e. The SMILES string of the molecule is c1ccc(-c2ccc(-c3ccc(-c4nc(-c5ccc(-c6cccc(-c7ccccc7)c6)cc5)nc(-c5cccc6oc7c(-c8cccc(-c9ccccc9)c8)cccc7c56)n4)cc3)cc2)cc1. The van der Waals surface area contributed by atoms with Crippen molar-refractivity contribution in [2.45, 2.75) is 0 Å². The molecule has 12 rings (SSSR count). The standard InChI is InChI=1S/C63H41N3O/c1-4-14-42(15-5-1)45-28-30-46(31-29-45)47-32-36-49(37-33-47)61-64-62(50-38-34-48(35-39-50)52-21-10-20-51(40-52)43-16-6-2-7-17-43)66-63(65-61)57-26-13-27-58-59(57)56-25-12-24-55(60(56)67-58)54-23-11-22-53(41-54)44-18-8-3-9-19-44/h1-41H. The Hall–Kier alpha value is -8.99. The molecule has 0 N–H and O–H groups in total. The number of aromatic nitrogens is 3. The molecule has 0 aliphatic heterocycles. The molecular weight excluding hydrogens is 815 g/mol. The summed E-state index contributed by atoms with van der Waals surface area (Å²) in [7, 11) is 0. The van der Waals surface area contributed by atoms with E-state index in [0.717, 1.165) is 77.6 Å². The maximum Gasteiger partial charge on any atom is 0.164 e. The fraction of sp³-hybridized carbons (Fsp3) is 0. The molecular formula is C63H41N3O. The summed E-state index contributed by atoms with van der Waals surface area (Å²) in [5.74, 6) is 1.76. The highest BCUT2D eigenvalue weighted by atomic mass is 16.3. The Labute approximate surface area is 389 Å². The van der Waals surface area contributed by atoms with Gasteiger partial charge >= 0.3 is 0 Å². The average molecular weight is 856 g/mol. The van der Waals surface area contributed by atoms with Gasteiger partial charge in [0.05, 0.1) is 0 Å². The first-order valence-corrected chi connectivity index (χ1v) is 22.6. The van der Waals surface area contributed by atoms with Crippen LogP contribution in [0.3, 0.4) is 0 Å². The quantitative estimate of drug-likeness (QED) is 0.145. The van der Waals surface area contributed by atoms with Gasteiger partial charge in [0, 0.05) is 33.0 Å². The van der Waals surface area contributed by atoms with Gasteiger partial charge < -0.3 is 4.42 Å². The first-order valence-electron chi connectivity index (χ1n) is 22.6. The summed E-state index contributed by atoms with van der Waals surface area (Å²) in [5.41, 5.74) is 18.0. The van der Waals surface area contributed by atoms with E-state index in [4.69, 9.17) is 19.4 Å². The molecule has 0 aliphatic carbocycles. The maximum absolute atomic E-state index is 6.78. The van der Waals surface area contributed by atoms with E-state index in [1.807, 2.05) is 30.3 Å². The lowest BCUT2D eigenvalue weighted by Gasteiger charge is -2.11. The second kappa shape index (κ2) is 17.2. The lowest BCUT2D eigenvalue weighted by Crippen LogP contribution is -2.00. The lowest BCUT2D eigenvalue weighted by molar-refractivity contribution is 0.670. The third-order valence-electron chi connectivity index (χ3n) is 12.6. The Balaban J connectivity index is 0.955. The van der Waals surface area contributed by atoms with Crippen molar-refractivity contribution in [1.29, 1.82) is 0 Å². The molecule has 0 unspecified atom stereocenters. The van der Waals surface area contributed by atoms with Crippen LogP contribution in [0.15, 0.2) is 253 Å². The molecule has 314 valence electrons. The van der Waals surface area contributed by atoms with Gasteiger partial charge in [0.15, 0.2) is 17.5 Å². The predicted octanol–water partition coefficient (Wildman–Crippen LogP) is 16.8. The highest BCUT2D eigenvalue weighted by Gasteiger charge is 2.20. The predicted molar refractivity (Wildman–Crippen MR) is 276 cm³/mol. The van der Waals surface area contributed by atoms with Crippen molar-refractivity contribution in [2.24, 2.45) is 0 Å². The number of fused-ring (bicyclic) bond motifs is 3. The van der Waals surface area contributed by atoms with E-state index in [1.165, 1.54) is 27.8 Å². The molecule has 4 nitrogen and oxygen atoms in total. The van der Waals surface area contributed by atoms with Crippen molar-refractivity contribution >= 4 is 21.9 Å². The zero-order valence-corrected chi connectivity index (χ0v) is 36.4. The van der Waals surface area contributed by atoms with Crippen LogP contribution in [-0.2, 0) is 0 Å². The molecule has 67 heavy (non-hydrogen) atoms. The number of furan rings is 1. The van der Waals surface area contributed by atoms with Gasteiger partial charge in [-0.2, -0.15) is 0 Å². The molecule has 0 aliphatic rings. The van der Waals surface area contributed by atoms with Crippen LogP contribution in [0.1, 0.15) is 0 Å².